The molecule has 6 heteroatoms. The molecule has 2 aromatic rings. The van der Waals surface area contributed by atoms with Gasteiger partial charge in [0, 0.05) is 12.1 Å². The average molecular weight is 425 g/mol. The van der Waals surface area contributed by atoms with E-state index in [2.05, 4.69) is 26.0 Å². The zero-order valence-corrected chi connectivity index (χ0v) is 18.4. The largest absolute Gasteiger partial charge is 0.332 e. The van der Waals surface area contributed by atoms with Crippen LogP contribution in [-0.4, -0.2) is 39.2 Å². The molecule has 1 fully saturated rings. The molecule has 3 amide bonds. The van der Waals surface area contributed by atoms with Crippen LogP contribution in [0.2, 0.25) is 0 Å². The van der Waals surface area contributed by atoms with Gasteiger partial charge in [0.1, 0.15) is 0 Å². The van der Waals surface area contributed by atoms with Gasteiger partial charge >= 0.3 is 0 Å². The molecule has 0 aromatic heterocycles. The number of amides is 3. The fourth-order valence-corrected chi connectivity index (χ4v) is 4.45. The average Bonchev–Trinajstić information content (AvgIpc) is 3.09. The molecule has 0 saturated carbocycles. The second-order valence-electron chi connectivity index (χ2n) is 7.42. The summed E-state index contributed by atoms with van der Waals surface area (Å²) in [5.41, 5.74) is 2.50. The number of carbonyl (C=O) groups excluding carboxylic acids is 3. The highest BCUT2D eigenvalue weighted by atomic mass is 32.2. The molecule has 0 unspecified atom stereocenters. The monoisotopic (exact) mass is 424 g/mol. The first-order valence-electron chi connectivity index (χ1n) is 10.5. The maximum absolute atomic E-state index is 13.5. The smallest absolute Gasteiger partial charge is 0.289 e. The highest BCUT2D eigenvalue weighted by Gasteiger charge is 2.30. The van der Waals surface area contributed by atoms with Gasteiger partial charge in [0.25, 0.3) is 11.1 Å². The lowest BCUT2D eigenvalue weighted by Crippen LogP contribution is -2.35. The van der Waals surface area contributed by atoms with Gasteiger partial charge in [-0.2, -0.15) is 0 Å². The van der Waals surface area contributed by atoms with E-state index >= 15 is 0 Å². The molecule has 0 spiro atoms. The summed E-state index contributed by atoms with van der Waals surface area (Å²) in [6.07, 6.45) is 2.77. The molecule has 158 valence electrons. The van der Waals surface area contributed by atoms with Gasteiger partial charge in [0.2, 0.25) is 5.91 Å². The third-order valence-electron chi connectivity index (χ3n) is 5.32. The van der Waals surface area contributed by atoms with Gasteiger partial charge < -0.3 is 4.90 Å². The summed E-state index contributed by atoms with van der Waals surface area (Å²) in [5, 5.41) is -0.226. The minimum atomic E-state index is -0.226. The molecule has 0 bridgehead atoms. The van der Waals surface area contributed by atoms with E-state index in [0.29, 0.717) is 12.1 Å². The van der Waals surface area contributed by atoms with E-state index in [-0.39, 0.29) is 35.4 Å². The number of hydrogen-bond donors (Lipinski definition) is 0. The van der Waals surface area contributed by atoms with Crippen LogP contribution in [0, 0.1) is 0 Å². The minimum absolute atomic E-state index is 0.00652. The Morgan fingerprint density at radius 1 is 1.10 bits per heavy atom. The molecule has 1 saturated heterocycles. The van der Waals surface area contributed by atoms with Crippen molar-refractivity contribution in [2.75, 3.05) is 12.3 Å². The maximum atomic E-state index is 13.5. The summed E-state index contributed by atoms with van der Waals surface area (Å²) >= 11 is 1.02. The van der Waals surface area contributed by atoms with Crippen molar-refractivity contribution in [2.45, 2.75) is 45.7 Å². The van der Waals surface area contributed by atoms with E-state index in [1.54, 1.807) is 0 Å². The van der Waals surface area contributed by atoms with Gasteiger partial charge in [-0.15, -0.1) is 0 Å². The Kier molecular flexibility index (Phi) is 7.69. The molecule has 0 radical (unpaired) electrons. The van der Waals surface area contributed by atoms with Crippen molar-refractivity contribution < 1.29 is 14.4 Å². The van der Waals surface area contributed by atoms with Crippen molar-refractivity contribution >= 4 is 28.8 Å². The summed E-state index contributed by atoms with van der Waals surface area (Å²) in [6.45, 7) is 5.11. The van der Waals surface area contributed by atoms with Gasteiger partial charge in [-0.3, -0.25) is 19.3 Å². The zero-order chi connectivity index (χ0) is 21.5. The van der Waals surface area contributed by atoms with Crippen LogP contribution in [0.3, 0.4) is 0 Å². The molecule has 3 rings (SSSR count). The van der Waals surface area contributed by atoms with Crippen LogP contribution in [0.4, 0.5) is 4.79 Å². The van der Waals surface area contributed by atoms with Crippen LogP contribution in [0.15, 0.2) is 54.6 Å². The minimum Gasteiger partial charge on any atom is -0.332 e. The number of unbranched alkanes of at least 4 members (excludes halogenated alkanes) is 1. The number of thioether (sulfide) groups is 1. The number of imide groups is 1. The lowest BCUT2D eigenvalue weighted by molar-refractivity contribution is -0.125. The van der Waals surface area contributed by atoms with Gasteiger partial charge in [0.05, 0.1) is 18.3 Å². The van der Waals surface area contributed by atoms with Crippen molar-refractivity contribution in [3.05, 3.63) is 71.3 Å². The number of nitrogens with zero attached hydrogens (tertiary/aromatic N) is 2. The van der Waals surface area contributed by atoms with Crippen molar-refractivity contribution in [3.63, 3.8) is 0 Å². The van der Waals surface area contributed by atoms with Crippen LogP contribution < -0.4 is 0 Å². The van der Waals surface area contributed by atoms with Gasteiger partial charge in [-0.05, 0) is 36.1 Å². The normalized spacial score (nSPS) is 14.8. The van der Waals surface area contributed by atoms with Gasteiger partial charge in [0.15, 0.2) is 0 Å². The lowest BCUT2D eigenvalue weighted by Gasteiger charge is -2.32. The molecule has 1 atom stereocenters. The van der Waals surface area contributed by atoms with E-state index in [1.807, 2.05) is 47.4 Å². The predicted molar refractivity (Wildman–Crippen MR) is 120 cm³/mol. The van der Waals surface area contributed by atoms with Crippen molar-refractivity contribution in [1.82, 2.24) is 9.80 Å². The summed E-state index contributed by atoms with van der Waals surface area (Å²) in [6, 6.07) is 17.4. The topological polar surface area (TPSA) is 57.7 Å². The van der Waals surface area contributed by atoms with E-state index in [9.17, 15) is 14.4 Å². The summed E-state index contributed by atoms with van der Waals surface area (Å²) in [7, 11) is 0. The van der Waals surface area contributed by atoms with Crippen LogP contribution in [0.5, 0.6) is 0 Å². The van der Waals surface area contributed by atoms with E-state index in [1.165, 1.54) is 4.90 Å². The molecule has 1 aliphatic rings. The highest BCUT2D eigenvalue weighted by Crippen LogP contribution is 2.27. The Balaban J connectivity index is 1.85. The van der Waals surface area contributed by atoms with E-state index in [4.69, 9.17) is 0 Å². The summed E-state index contributed by atoms with van der Waals surface area (Å²) < 4.78 is 0. The van der Waals surface area contributed by atoms with Crippen molar-refractivity contribution in [2.24, 2.45) is 0 Å². The Morgan fingerprint density at radius 2 is 1.87 bits per heavy atom. The lowest BCUT2D eigenvalue weighted by atomic mass is 10.0. The second-order valence-corrected chi connectivity index (χ2v) is 8.35. The first-order valence-corrected chi connectivity index (χ1v) is 11.5. The maximum Gasteiger partial charge on any atom is 0.289 e. The van der Waals surface area contributed by atoms with E-state index in [0.717, 1.165) is 42.2 Å². The van der Waals surface area contributed by atoms with Crippen LogP contribution in [-0.2, 0) is 11.3 Å². The molecule has 2 aromatic carbocycles. The Bertz CT molecular complexity index is 884. The Hall–Kier alpha value is -2.60. The second kappa shape index (κ2) is 10.4. The third-order valence-corrected chi connectivity index (χ3v) is 6.17. The van der Waals surface area contributed by atoms with Crippen LogP contribution in [0.1, 0.15) is 60.6 Å². The molecule has 0 aliphatic carbocycles. The first-order chi connectivity index (χ1) is 14.5. The summed E-state index contributed by atoms with van der Waals surface area (Å²) in [5.74, 6) is -0.00629. The fourth-order valence-electron chi connectivity index (χ4n) is 3.72. The third kappa shape index (κ3) is 5.11. The van der Waals surface area contributed by atoms with Crippen LogP contribution >= 0.6 is 11.8 Å². The Labute approximate surface area is 182 Å². The fraction of sp³-hybridized carbons (Fsp3) is 0.375. The molecule has 0 N–H and O–H groups in total. The van der Waals surface area contributed by atoms with Gasteiger partial charge in [-0.1, -0.05) is 74.5 Å². The number of benzene rings is 2. The van der Waals surface area contributed by atoms with Gasteiger partial charge in [-0.25, -0.2) is 0 Å². The number of carbonyl (C=O) groups is 3. The first kappa shape index (κ1) is 22.1. The molecule has 1 heterocycles. The SMILES string of the molecule is CCCCN(C(=O)c1cccc(CN2C(=O)CSC2=O)c1)[C@H](CC)c1ccccc1. The molecule has 1 aliphatic heterocycles. The van der Waals surface area contributed by atoms with Crippen LogP contribution in [0.25, 0.3) is 0 Å². The molecular formula is C24H28N2O3S. The standard InChI is InChI=1S/C24H28N2O3S/c1-3-5-14-25(21(4-2)19-11-7-6-8-12-19)23(28)20-13-9-10-18(15-20)16-26-22(27)17-30-24(26)29/h6-13,15,21H,3-5,14,16-17H2,1-2H3/t21-/m1/s1. The highest BCUT2D eigenvalue weighted by molar-refractivity contribution is 8.14. The number of rotatable bonds is 9. The predicted octanol–water partition coefficient (Wildman–Crippen LogP) is 5.28. The summed E-state index contributed by atoms with van der Waals surface area (Å²) in [4.78, 5) is 40.6. The Morgan fingerprint density at radius 3 is 2.50 bits per heavy atom. The quantitative estimate of drug-likeness (QED) is 0.550. The van der Waals surface area contributed by atoms with Crippen molar-refractivity contribution in [1.29, 1.82) is 0 Å². The molecule has 5 nitrogen and oxygen atoms in total. The van der Waals surface area contributed by atoms with E-state index < -0.39 is 0 Å². The zero-order valence-electron chi connectivity index (χ0n) is 17.5. The van der Waals surface area contributed by atoms with Crippen molar-refractivity contribution in [3.8, 4) is 0 Å². The number of hydrogen-bond acceptors (Lipinski definition) is 4. The molecule has 30 heavy (non-hydrogen) atoms. The molecular weight excluding hydrogens is 396 g/mol.